The van der Waals surface area contributed by atoms with Gasteiger partial charge in [-0.3, -0.25) is 4.90 Å². The summed E-state index contributed by atoms with van der Waals surface area (Å²) in [4.78, 5) is 2.47. The Morgan fingerprint density at radius 2 is 1.84 bits per heavy atom. The molecule has 0 unspecified atom stereocenters. The maximum Gasteiger partial charge on any atom is 0.134 e. The minimum absolute atomic E-state index is 0.761. The van der Waals surface area contributed by atoms with Crippen molar-refractivity contribution < 1.29 is 4.74 Å². The van der Waals surface area contributed by atoms with E-state index in [1.165, 1.54) is 36.7 Å². The van der Waals surface area contributed by atoms with Gasteiger partial charge in [0.05, 0.1) is 4.47 Å². The van der Waals surface area contributed by atoms with Gasteiger partial charge in [0.2, 0.25) is 0 Å². The fraction of sp³-hybridized carbons (Fsp3) is 0.375. The van der Waals surface area contributed by atoms with E-state index in [0.29, 0.717) is 0 Å². The molecular weight excluding hydrogens is 302 g/mol. The molecule has 0 amide bonds. The molecule has 2 aromatic carbocycles. The first kappa shape index (κ1) is 12.9. The Bertz CT molecular complexity index is 564. The average Bonchev–Trinajstić information content (AvgIpc) is 2.95. The fourth-order valence-electron chi connectivity index (χ4n) is 2.62. The van der Waals surface area contributed by atoms with E-state index >= 15 is 0 Å². The van der Waals surface area contributed by atoms with E-state index < -0.39 is 0 Å². The van der Waals surface area contributed by atoms with Crippen LogP contribution in [-0.4, -0.2) is 31.1 Å². The summed E-state index contributed by atoms with van der Waals surface area (Å²) in [5, 5.41) is 2.45. The zero-order chi connectivity index (χ0) is 13.1. The van der Waals surface area contributed by atoms with Gasteiger partial charge in [-0.2, -0.15) is 0 Å². The number of halogens is 1. The summed E-state index contributed by atoms with van der Waals surface area (Å²) in [7, 11) is 0. The molecule has 1 aliphatic heterocycles. The summed E-state index contributed by atoms with van der Waals surface area (Å²) >= 11 is 3.66. The van der Waals surface area contributed by atoms with Gasteiger partial charge >= 0.3 is 0 Å². The molecule has 2 nitrogen and oxygen atoms in total. The highest BCUT2D eigenvalue weighted by molar-refractivity contribution is 9.10. The predicted octanol–water partition coefficient (Wildman–Crippen LogP) is 4.08. The number of nitrogens with zero attached hydrogens (tertiary/aromatic N) is 1. The van der Waals surface area contributed by atoms with Crippen LogP contribution in [0.3, 0.4) is 0 Å². The molecule has 100 valence electrons. The van der Waals surface area contributed by atoms with E-state index in [1.807, 2.05) is 0 Å². The van der Waals surface area contributed by atoms with Gasteiger partial charge in [0.1, 0.15) is 12.4 Å². The van der Waals surface area contributed by atoms with Crippen molar-refractivity contribution in [1.82, 2.24) is 4.90 Å². The van der Waals surface area contributed by atoms with Crippen LogP contribution >= 0.6 is 15.9 Å². The van der Waals surface area contributed by atoms with Crippen LogP contribution < -0.4 is 4.74 Å². The van der Waals surface area contributed by atoms with Crippen LogP contribution in [0, 0.1) is 0 Å². The molecule has 0 bridgehead atoms. The second-order valence-electron chi connectivity index (χ2n) is 5.00. The first-order valence-corrected chi connectivity index (χ1v) is 7.66. The summed E-state index contributed by atoms with van der Waals surface area (Å²) in [6, 6.07) is 12.5. The Labute approximate surface area is 122 Å². The van der Waals surface area contributed by atoms with E-state index in [4.69, 9.17) is 4.74 Å². The first-order valence-electron chi connectivity index (χ1n) is 6.87. The van der Waals surface area contributed by atoms with E-state index in [2.05, 4.69) is 57.2 Å². The standard InChI is InChI=1S/C16H18BrNO/c17-16-14-6-2-1-5-13(14)7-8-15(16)19-12-11-18-9-3-4-10-18/h1-2,5-8H,3-4,9-12H2. The number of fused-ring (bicyclic) bond motifs is 1. The van der Waals surface area contributed by atoms with Crippen molar-refractivity contribution in [2.24, 2.45) is 0 Å². The molecular formula is C16H18BrNO. The highest BCUT2D eigenvalue weighted by Crippen LogP contribution is 2.32. The fourth-order valence-corrected chi connectivity index (χ4v) is 3.22. The number of hydrogen-bond donors (Lipinski definition) is 0. The maximum absolute atomic E-state index is 5.92. The molecule has 1 saturated heterocycles. The van der Waals surface area contributed by atoms with Crippen LogP contribution in [-0.2, 0) is 0 Å². The lowest BCUT2D eigenvalue weighted by molar-refractivity contribution is 0.237. The first-order chi connectivity index (χ1) is 9.34. The summed E-state index contributed by atoms with van der Waals surface area (Å²) in [6.07, 6.45) is 2.67. The van der Waals surface area contributed by atoms with Crippen molar-refractivity contribution in [3.63, 3.8) is 0 Å². The van der Waals surface area contributed by atoms with Crippen molar-refractivity contribution in [2.45, 2.75) is 12.8 Å². The lowest BCUT2D eigenvalue weighted by Gasteiger charge is -2.16. The number of likely N-dealkylation sites (tertiary alicyclic amines) is 1. The molecule has 0 N–H and O–H groups in total. The lowest BCUT2D eigenvalue weighted by atomic mass is 10.1. The molecule has 1 fully saturated rings. The van der Waals surface area contributed by atoms with Crippen LogP contribution in [0.25, 0.3) is 10.8 Å². The normalized spacial score (nSPS) is 16.1. The molecule has 19 heavy (non-hydrogen) atoms. The van der Waals surface area contributed by atoms with Crippen molar-refractivity contribution in [1.29, 1.82) is 0 Å². The van der Waals surface area contributed by atoms with Gasteiger partial charge in [-0.25, -0.2) is 0 Å². The third-order valence-corrected chi connectivity index (χ3v) is 4.51. The molecule has 0 aliphatic carbocycles. The van der Waals surface area contributed by atoms with Crippen molar-refractivity contribution in [3.8, 4) is 5.75 Å². The minimum Gasteiger partial charge on any atom is -0.491 e. The van der Waals surface area contributed by atoms with Gasteiger partial charge < -0.3 is 4.74 Å². The lowest BCUT2D eigenvalue weighted by Crippen LogP contribution is -2.25. The highest BCUT2D eigenvalue weighted by Gasteiger charge is 2.11. The smallest absolute Gasteiger partial charge is 0.134 e. The average molecular weight is 320 g/mol. The summed E-state index contributed by atoms with van der Waals surface area (Å²) in [5.41, 5.74) is 0. The van der Waals surface area contributed by atoms with Crippen LogP contribution in [0.4, 0.5) is 0 Å². The van der Waals surface area contributed by atoms with Crippen LogP contribution in [0.2, 0.25) is 0 Å². The third kappa shape index (κ3) is 2.93. The zero-order valence-corrected chi connectivity index (χ0v) is 12.5. The molecule has 0 aromatic heterocycles. The van der Waals surface area contributed by atoms with Crippen LogP contribution in [0.15, 0.2) is 40.9 Å². The Balaban J connectivity index is 1.68. The second-order valence-corrected chi connectivity index (χ2v) is 5.79. The Hall–Kier alpha value is -1.06. The second kappa shape index (κ2) is 5.93. The number of ether oxygens (including phenoxy) is 1. The minimum atomic E-state index is 0.761. The molecule has 0 saturated carbocycles. The van der Waals surface area contributed by atoms with E-state index in [9.17, 15) is 0 Å². The molecule has 3 rings (SSSR count). The molecule has 1 heterocycles. The Morgan fingerprint density at radius 1 is 1.05 bits per heavy atom. The quantitative estimate of drug-likeness (QED) is 0.842. The Kier molecular flexibility index (Phi) is 4.04. The Morgan fingerprint density at radius 3 is 2.68 bits per heavy atom. The molecule has 2 aromatic rings. The SMILES string of the molecule is Brc1c(OCCN2CCCC2)ccc2ccccc12. The molecule has 0 atom stereocenters. The zero-order valence-electron chi connectivity index (χ0n) is 10.9. The van der Waals surface area contributed by atoms with Crippen molar-refractivity contribution in [2.75, 3.05) is 26.2 Å². The highest BCUT2D eigenvalue weighted by atomic mass is 79.9. The predicted molar refractivity (Wildman–Crippen MR) is 82.8 cm³/mol. The monoisotopic (exact) mass is 319 g/mol. The third-order valence-electron chi connectivity index (χ3n) is 3.69. The molecule has 0 spiro atoms. The molecule has 0 radical (unpaired) electrons. The number of benzene rings is 2. The van der Waals surface area contributed by atoms with Crippen molar-refractivity contribution in [3.05, 3.63) is 40.9 Å². The number of hydrogen-bond acceptors (Lipinski definition) is 2. The van der Waals surface area contributed by atoms with Gasteiger partial charge in [0.15, 0.2) is 0 Å². The summed E-state index contributed by atoms with van der Waals surface area (Å²) in [6.45, 7) is 4.24. The van der Waals surface area contributed by atoms with Crippen LogP contribution in [0.1, 0.15) is 12.8 Å². The largest absolute Gasteiger partial charge is 0.491 e. The van der Waals surface area contributed by atoms with Gasteiger partial charge in [-0.05, 0) is 58.7 Å². The van der Waals surface area contributed by atoms with Gasteiger partial charge in [-0.15, -0.1) is 0 Å². The molecule has 3 heteroatoms. The summed E-state index contributed by atoms with van der Waals surface area (Å²) < 4.78 is 6.98. The van der Waals surface area contributed by atoms with Gasteiger partial charge in [0, 0.05) is 6.54 Å². The maximum atomic E-state index is 5.92. The van der Waals surface area contributed by atoms with E-state index in [0.717, 1.165) is 23.4 Å². The van der Waals surface area contributed by atoms with E-state index in [-0.39, 0.29) is 0 Å². The number of rotatable bonds is 4. The topological polar surface area (TPSA) is 12.5 Å². The van der Waals surface area contributed by atoms with Crippen molar-refractivity contribution >= 4 is 26.7 Å². The van der Waals surface area contributed by atoms with Crippen LogP contribution in [0.5, 0.6) is 5.75 Å². The van der Waals surface area contributed by atoms with Gasteiger partial charge in [0.25, 0.3) is 0 Å². The van der Waals surface area contributed by atoms with E-state index in [1.54, 1.807) is 0 Å². The summed E-state index contributed by atoms with van der Waals surface area (Å²) in [5.74, 6) is 0.942. The molecule has 1 aliphatic rings. The van der Waals surface area contributed by atoms with Gasteiger partial charge in [-0.1, -0.05) is 30.3 Å².